The van der Waals surface area contributed by atoms with E-state index in [4.69, 9.17) is 5.84 Å². The molecule has 2 atom stereocenters. The zero-order chi connectivity index (χ0) is 18.8. The molecule has 2 heterocycles. The average molecular weight is 378 g/mol. The molecule has 2 aliphatic rings. The van der Waals surface area contributed by atoms with Crippen molar-refractivity contribution in [1.82, 2.24) is 9.31 Å². The molecule has 2 fully saturated rings. The highest BCUT2D eigenvalue weighted by atomic mass is 27.1. The van der Waals surface area contributed by atoms with Gasteiger partial charge in [-0.2, -0.15) is 0 Å². The topological polar surface area (TPSA) is 61.6 Å². The van der Waals surface area contributed by atoms with Crippen molar-refractivity contribution < 1.29 is 4.79 Å². The lowest BCUT2D eigenvalue weighted by molar-refractivity contribution is -0.120. The first-order chi connectivity index (χ1) is 13.1. The molecule has 5 nitrogen and oxygen atoms in total. The maximum absolute atomic E-state index is 11.3. The zero-order valence-corrected chi connectivity index (χ0v) is 17.9. The summed E-state index contributed by atoms with van der Waals surface area (Å²) >= 11 is 1.20. The number of hydrazine groups is 1. The summed E-state index contributed by atoms with van der Waals surface area (Å²) in [5.41, 5.74) is 7.20. The number of carbonyl (C=O) groups excluding carboxylic acids is 1. The second-order valence-corrected chi connectivity index (χ2v) is 9.01. The van der Waals surface area contributed by atoms with Crippen LogP contribution in [0.5, 0.6) is 0 Å². The van der Waals surface area contributed by atoms with Crippen LogP contribution in [-0.2, 0) is 24.1 Å². The first kappa shape index (κ1) is 18.5. The van der Waals surface area contributed by atoms with Crippen molar-refractivity contribution in [3.8, 4) is 0 Å². The average Bonchev–Trinajstić information content (AvgIpc) is 3.27. The summed E-state index contributed by atoms with van der Waals surface area (Å²) in [6, 6.07) is 18.9. The molecule has 0 aromatic heterocycles. The minimum absolute atomic E-state index is 0.164. The summed E-state index contributed by atoms with van der Waals surface area (Å²) < 4.78 is 2.63. The van der Waals surface area contributed by atoms with Gasteiger partial charge in [0.2, 0.25) is 5.91 Å². The number of benzene rings is 2. The van der Waals surface area contributed by atoms with E-state index in [1.54, 1.807) is 0 Å². The monoisotopic (exact) mass is 378 g/mol. The van der Waals surface area contributed by atoms with Gasteiger partial charge in [-0.25, -0.2) is 5.84 Å². The van der Waals surface area contributed by atoms with Gasteiger partial charge in [0.05, 0.1) is 6.42 Å². The maximum Gasteiger partial charge on any atom is 0.322 e. The summed E-state index contributed by atoms with van der Waals surface area (Å²) in [6.07, 6.45) is 3.71. The first-order valence-electron chi connectivity index (χ1n) is 9.75. The summed E-state index contributed by atoms with van der Waals surface area (Å²) in [4.78, 5) is 13.9. The number of hydrogen-bond acceptors (Lipinski definition) is 4. The summed E-state index contributed by atoms with van der Waals surface area (Å²) in [6.45, 7) is 2.45. The summed E-state index contributed by atoms with van der Waals surface area (Å²) in [7, 11) is 0. The summed E-state index contributed by atoms with van der Waals surface area (Å²) in [5, 5.41) is 0. The van der Waals surface area contributed by atoms with Gasteiger partial charge in [-0.05, 0) is 54.6 Å². The number of aryl methyl sites for hydroxylation is 2. The van der Waals surface area contributed by atoms with E-state index in [-0.39, 0.29) is 5.91 Å². The second kappa shape index (κ2) is 8.04. The minimum Gasteiger partial charge on any atom is -0.385 e. The van der Waals surface area contributed by atoms with Crippen LogP contribution in [0.1, 0.15) is 23.1 Å². The third-order valence-corrected chi connectivity index (χ3v) is 7.13. The van der Waals surface area contributed by atoms with Gasteiger partial charge in [0, 0.05) is 24.3 Å². The number of nitrogens with two attached hydrogens (primary N) is 1. The standard InChI is InChI=1S/C21H25N4O.Al.2H/c22-24-21(26)11-17-5-3-15(4-6-17)1-2-16-7-9-19(10-8-16)25-14-18-12-20(25)13-23-18;;;/h3-10,18,20H,1-2,11-14,22H2,(H,24,26);;;/q-1;+1;;. The number of amides is 1. The lowest BCUT2D eigenvalue weighted by Crippen LogP contribution is -2.45. The molecule has 0 spiro atoms. The normalized spacial score (nSPS) is 21.6. The Morgan fingerprint density at radius 2 is 1.56 bits per heavy atom. The Bertz CT molecular complexity index is 791. The Kier molecular flexibility index (Phi) is 5.51. The third-order valence-electron chi connectivity index (χ3n) is 6.03. The number of nitrogens with zero attached hydrogens (tertiary/aromatic N) is 2. The van der Waals surface area contributed by atoms with Gasteiger partial charge in [0.25, 0.3) is 0 Å². The molecule has 3 N–H and O–H groups in total. The van der Waals surface area contributed by atoms with E-state index in [1.807, 2.05) is 12.1 Å². The van der Waals surface area contributed by atoms with E-state index in [0.29, 0.717) is 6.42 Å². The van der Waals surface area contributed by atoms with E-state index >= 15 is 0 Å². The second-order valence-electron chi connectivity index (χ2n) is 7.86. The number of anilines is 1. The molecule has 0 radical (unpaired) electrons. The molecule has 6 heteroatoms. The fourth-order valence-corrected chi connectivity index (χ4v) is 5.18. The molecule has 2 aliphatic heterocycles. The molecule has 0 saturated carbocycles. The lowest BCUT2D eigenvalue weighted by atomic mass is 10.0. The Hall–Kier alpha value is -1.84. The predicted octanol–water partition coefficient (Wildman–Crippen LogP) is 0.815. The van der Waals surface area contributed by atoms with E-state index in [9.17, 15) is 4.79 Å². The van der Waals surface area contributed by atoms with E-state index in [2.05, 4.69) is 50.6 Å². The Morgan fingerprint density at radius 3 is 2.07 bits per heavy atom. The molecule has 2 unspecified atom stereocenters. The predicted molar refractivity (Wildman–Crippen MR) is 111 cm³/mol. The highest BCUT2D eigenvalue weighted by Crippen LogP contribution is 2.33. The molecular weight excluding hydrogens is 351 g/mol. The van der Waals surface area contributed by atoms with Gasteiger partial charge in [-0.3, -0.25) is 10.2 Å². The molecule has 2 aromatic rings. The minimum atomic E-state index is -0.164. The van der Waals surface area contributed by atoms with Gasteiger partial charge in [0.15, 0.2) is 0 Å². The largest absolute Gasteiger partial charge is 0.385 e. The quantitative estimate of drug-likeness (QED) is 0.338. The SMILES string of the molecule is NNC(=O)Cc1ccc(CCc2ccc(N3CC4CC3C[N]4[AlH2])cc2)cc1. The van der Waals surface area contributed by atoms with Crippen molar-refractivity contribution in [2.24, 2.45) is 5.84 Å². The van der Waals surface area contributed by atoms with Crippen LogP contribution in [0.3, 0.4) is 0 Å². The van der Waals surface area contributed by atoms with E-state index in [1.165, 1.54) is 52.8 Å². The molecule has 2 aromatic carbocycles. The Morgan fingerprint density at radius 1 is 0.963 bits per heavy atom. The number of nitrogens with one attached hydrogen (secondary N) is 1. The van der Waals surface area contributed by atoms with E-state index < -0.39 is 0 Å². The first-order valence-corrected chi connectivity index (χ1v) is 10.6. The molecule has 0 aliphatic carbocycles. The number of fused-ring (bicyclic) bond motifs is 2. The molecule has 27 heavy (non-hydrogen) atoms. The van der Waals surface area contributed by atoms with Crippen LogP contribution in [0, 0.1) is 0 Å². The van der Waals surface area contributed by atoms with Gasteiger partial charge in [-0.15, -0.1) is 0 Å². The van der Waals surface area contributed by atoms with Crippen LogP contribution in [0.25, 0.3) is 0 Å². The van der Waals surface area contributed by atoms with Crippen LogP contribution >= 0.6 is 0 Å². The van der Waals surface area contributed by atoms with Crippen molar-refractivity contribution in [2.45, 2.75) is 37.8 Å². The number of rotatable bonds is 6. The van der Waals surface area contributed by atoms with Gasteiger partial charge in [0.1, 0.15) is 0 Å². The summed E-state index contributed by atoms with van der Waals surface area (Å²) in [5.74, 6) is 4.97. The van der Waals surface area contributed by atoms with Crippen molar-refractivity contribution in [3.63, 3.8) is 0 Å². The number of hydrogen-bond donors (Lipinski definition) is 2. The smallest absolute Gasteiger partial charge is 0.322 e. The molecule has 2 bridgehead atoms. The molecular formula is C21H27AlN4O. The van der Waals surface area contributed by atoms with Crippen LogP contribution in [0.2, 0.25) is 0 Å². The van der Waals surface area contributed by atoms with Gasteiger partial charge < -0.3 is 8.78 Å². The van der Waals surface area contributed by atoms with Crippen molar-refractivity contribution in [1.29, 1.82) is 0 Å². The third kappa shape index (κ3) is 4.20. The van der Waals surface area contributed by atoms with Crippen LogP contribution in [0.4, 0.5) is 5.69 Å². The highest BCUT2D eigenvalue weighted by molar-refractivity contribution is 6.05. The molecule has 4 rings (SSSR count). The number of piperazine rings is 1. The van der Waals surface area contributed by atoms with Gasteiger partial charge in [-0.1, -0.05) is 36.4 Å². The van der Waals surface area contributed by atoms with Crippen LogP contribution in [0.15, 0.2) is 48.5 Å². The fraction of sp³-hybridized carbons (Fsp3) is 0.381. The zero-order valence-electron chi connectivity index (χ0n) is 15.9. The molecule has 2 saturated heterocycles. The van der Waals surface area contributed by atoms with Gasteiger partial charge >= 0.3 is 16.5 Å². The molecule has 140 valence electrons. The van der Waals surface area contributed by atoms with Crippen molar-refractivity contribution >= 4 is 28.1 Å². The fourth-order valence-electron chi connectivity index (χ4n) is 4.39. The highest BCUT2D eigenvalue weighted by Gasteiger charge is 2.40. The van der Waals surface area contributed by atoms with Crippen LogP contribution in [-0.4, -0.2) is 51.5 Å². The van der Waals surface area contributed by atoms with Crippen LogP contribution < -0.4 is 16.2 Å². The Balaban J connectivity index is 1.31. The van der Waals surface area contributed by atoms with Crippen molar-refractivity contribution in [3.05, 3.63) is 65.2 Å². The van der Waals surface area contributed by atoms with E-state index in [0.717, 1.165) is 30.5 Å². The molecule has 1 amide bonds. The Labute approximate surface area is 169 Å². The lowest BCUT2D eigenvalue weighted by Gasteiger charge is -2.34. The van der Waals surface area contributed by atoms with Crippen molar-refractivity contribution in [2.75, 3.05) is 18.0 Å². The number of carbonyl (C=O) groups is 1. The maximum atomic E-state index is 11.3.